The van der Waals surface area contributed by atoms with Gasteiger partial charge < -0.3 is 10.3 Å². The molecule has 1 aromatic heterocycles. The van der Waals surface area contributed by atoms with Crippen molar-refractivity contribution >= 4 is 16.8 Å². The summed E-state index contributed by atoms with van der Waals surface area (Å²) in [6.07, 6.45) is 5.66. The van der Waals surface area contributed by atoms with E-state index in [1.54, 1.807) is 0 Å². The van der Waals surface area contributed by atoms with Crippen LogP contribution in [-0.4, -0.2) is 17.4 Å². The standard InChI is InChI=1S/C21H22N2O/c24-20(11-10-16-14-22-19-9-5-4-8-18(16)19)23-15-21(12-13-21)17-6-2-1-3-7-17/h1-9,14,22H,10-13,15H2,(H,23,24). The third-order valence-corrected chi connectivity index (χ3v) is 5.16. The number of aryl methyl sites for hydroxylation is 1. The van der Waals surface area contributed by atoms with Gasteiger partial charge in [-0.2, -0.15) is 0 Å². The van der Waals surface area contributed by atoms with Crippen LogP contribution in [0.1, 0.15) is 30.4 Å². The smallest absolute Gasteiger partial charge is 0.220 e. The van der Waals surface area contributed by atoms with Crippen molar-refractivity contribution in [2.24, 2.45) is 0 Å². The molecule has 24 heavy (non-hydrogen) atoms. The topological polar surface area (TPSA) is 44.9 Å². The van der Waals surface area contributed by atoms with Crippen molar-refractivity contribution in [3.63, 3.8) is 0 Å². The van der Waals surface area contributed by atoms with Crippen LogP contribution < -0.4 is 5.32 Å². The van der Waals surface area contributed by atoms with Gasteiger partial charge in [0.2, 0.25) is 5.91 Å². The van der Waals surface area contributed by atoms with E-state index in [1.807, 2.05) is 24.4 Å². The highest BCUT2D eigenvalue weighted by Gasteiger charge is 2.44. The summed E-state index contributed by atoms with van der Waals surface area (Å²) in [7, 11) is 0. The van der Waals surface area contributed by atoms with Gasteiger partial charge in [0.1, 0.15) is 0 Å². The zero-order chi connectivity index (χ0) is 16.4. The largest absolute Gasteiger partial charge is 0.361 e. The molecule has 1 amide bonds. The third-order valence-electron chi connectivity index (χ3n) is 5.16. The quantitative estimate of drug-likeness (QED) is 0.710. The zero-order valence-corrected chi connectivity index (χ0v) is 13.7. The number of hydrogen-bond acceptors (Lipinski definition) is 1. The summed E-state index contributed by atoms with van der Waals surface area (Å²) < 4.78 is 0. The molecule has 0 aliphatic heterocycles. The number of aromatic nitrogens is 1. The maximum Gasteiger partial charge on any atom is 0.220 e. The summed E-state index contributed by atoms with van der Waals surface area (Å²) >= 11 is 0. The van der Waals surface area contributed by atoms with Gasteiger partial charge in [0.05, 0.1) is 0 Å². The first kappa shape index (κ1) is 15.0. The minimum absolute atomic E-state index is 0.141. The first-order valence-electron chi connectivity index (χ1n) is 8.64. The van der Waals surface area contributed by atoms with E-state index in [2.05, 4.69) is 46.7 Å². The Labute approximate surface area is 142 Å². The molecule has 2 aromatic carbocycles. The molecule has 3 heteroatoms. The number of para-hydroxylation sites is 1. The highest BCUT2D eigenvalue weighted by Crippen LogP contribution is 2.47. The Kier molecular flexibility index (Phi) is 3.85. The van der Waals surface area contributed by atoms with Gasteiger partial charge in [-0.1, -0.05) is 48.5 Å². The highest BCUT2D eigenvalue weighted by atomic mass is 16.1. The van der Waals surface area contributed by atoms with Crippen molar-refractivity contribution < 1.29 is 4.79 Å². The second-order valence-electron chi connectivity index (χ2n) is 6.78. The number of carbonyl (C=O) groups excluding carboxylic acids is 1. The first-order chi connectivity index (χ1) is 11.8. The summed E-state index contributed by atoms with van der Waals surface area (Å²) in [5.74, 6) is 0.141. The van der Waals surface area contributed by atoms with Crippen LogP contribution >= 0.6 is 0 Å². The molecule has 1 aliphatic carbocycles. The number of nitrogens with one attached hydrogen (secondary N) is 2. The molecule has 4 rings (SSSR count). The van der Waals surface area contributed by atoms with Crippen molar-refractivity contribution in [2.45, 2.75) is 31.1 Å². The number of hydrogen-bond donors (Lipinski definition) is 2. The fraction of sp³-hybridized carbons (Fsp3) is 0.286. The Hall–Kier alpha value is -2.55. The van der Waals surface area contributed by atoms with Crippen LogP contribution in [0.4, 0.5) is 0 Å². The average Bonchev–Trinajstić information content (AvgIpc) is 3.32. The van der Waals surface area contributed by atoms with Gasteiger partial charge in [0.15, 0.2) is 0 Å². The van der Waals surface area contributed by atoms with Crippen LogP contribution in [0.25, 0.3) is 10.9 Å². The second kappa shape index (κ2) is 6.16. The Morgan fingerprint density at radius 1 is 1.04 bits per heavy atom. The van der Waals surface area contributed by atoms with Gasteiger partial charge in [-0.05, 0) is 36.5 Å². The molecule has 122 valence electrons. The normalized spacial score (nSPS) is 15.3. The lowest BCUT2D eigenvalue weighted by molar-refractivity contribution is -0.121. The van der Waals surface area contributed by atoms with Crippen LogP contribution in [0.3, 0.4) is 0 Å². The van der Waals surface area contributed by atoms with Crippen molar-refractivity contribution in [3.05, 3.63) is 71.9 Å². The Morgan fingerprint density at radius 2 is 1.79 bits per heavy atom. The van der Waals surface area contributed by atoms with E-state index in [-0.39, 0.29) is 11.3 Å². The molecule has 0 saturated heterocycles. The minimum atomic E-state index is 0.141. The number of H-pyrrole nitrogens is 1. The van der Waals surface area contributed by atoms with E-state index in [0.717, 1.165) is 18.5 Å². The average molecular weight is 318 g/mol. The molecule has 0 spiro atoms. The summed E-state index contributed by atoms with van der Waals surface area (Å²) in [5.41, 5.74) is 3.87. The van der Waals surface area contributed by atoms with E-state index < -0.39 is 0 Å². The monoisotopic (exact) mass is 318 g/mol. The lowest BCUT2D eigenvalue weighted by Crippen LogP contribution is -2.32. The number of benzene rings is 2. The van der Waals surface area contributed by atoms with Gasteiger partial charge >= 0.3 is 0 Å². The van der Waals surface area contributed by atoms with Crippen molar-refractivity contribution in [1.82, 2.24) is 10.3 Å². The molecular formula is C21H22N2O. The van der Waals surface area contributed by atoms with E-state index >= 15 is 0 Å². The van der Waals surface area contributed by atoms with Gasteiger partial charge in [-0.25, -0.2) is 0 Å². The van der Waals surface area contributed by atoms with Gasteiger partial charge in [-0.3, -0.25) is 4.79 Å². The number of aromatic amines is 1. The van der Waals surface area contributed by atoms with E-state index in [4.69, 9.17) is 0 Å². The van der Waals surface area contributed by atoms with Crippen molar-refractivity contribution in [1.29, 1.82) is 0 Å². The van der Waals surface area contributed by atoms with Gasteiger partial charge in [-0.15, -0.1) is 0 Å². The maximum absolute atomic E-state index is 12.3. The van der Waals surface area contributed by atoms with Crippen molar-refractivity contribution in [3.8, 4) is 0 Å². The van der Waals surface area contributed by atoms with Crippen molar-refractivity contribution in [2.75, 3.05) is 6.54 Å². The van der Waals surface area contributed by atoms with Crippen LogP contribution in [-0.2, 0) is 16.6 Å². The van der Waals surface area contributed by atoms with Gasteiger partial charge in [0.25, 0.3) is 0 Å². The van der Waals surface area contributed by atoms with Crippen LogP contribution in [0.5, 0.6) is 0 Å². The molecule has 0 unspecified atom stereocenters. The maximum atomic E-state index is 12.3. The van der Waals surface area contributed by atoms with E-state index in [0.29, 0.717) is 6.42 Å². The third kappa shape index (κ3) is 2.94. The summed E-state index contributed by atoms with van der Waals surface area (Å²) in [6.45, 7) is 0.754. The molecule has 3 nitrogen and oxygen atoms in total. The number of amides is 1. The molecule has 1 fully saturated rings. The van der Waals surface area contributed by atoms with Gasteiger partial charge in [0, 0.05) is 35.5 Å². The van der Waals surface area contributed by atoms with E-state index in [9.17, 15) is 4.79 Å². The predicted molar refractivity (Wildman–Crippen MR) is 97.0 cm³/mol. The lowest BCUT2D eigenvalue weighted by Gasteiger charge is -2.16. The highest BCUT2D eigenvalue weighted by molar-refractivity contribution is 5.84. The Bertz CT molecular complexity index is 846. The molecule has 1 heterocycles. The van der Waals surface area contributed by atoms with Crippen LogP contribution in [0, 0.1) is 0 Å². The number of fused-ring (bicyclic) bond motifs is 1. The zero-order valence-electron chi connectivity index (χ0n) is 13.7. The molecule has 2 N–H and O–H groups in total. The Morgan fingerprint density at radius 3 is 2.58 bits per heavy atom. The molecule has 1 aliphatic rings. The van der Waals surface area contributed by atoms with Crippen LogP contribution in [0.15, 0.2) is 60.8 Å². The number of carbonyl (C=O) groups is 1. The SMILES string of the molecule is O=C(CCc1c[nH]c2ccccc12)NCC1(c2ccccc2)CC1. The summed E-state index contributed by atoms with van der Waals surface area (Å²) in [6, 6.07) is 18.8. The summed E-state index contributed by atoms with van der Waals surface area (Å²) in [4.78, 5) is 15.5. The minimum Gasteiger partial charge on any atom is -0.361 e. The predicted octanol–water partition coefficient (Wildman–Crippen LogP) is 3.95. The molecular weight excluding hydrogens is 296 g/mol. The lowest BCUT2D eigenvalue weighted by atomic mass is 9.96. The molecule has 1 saturated carbocycles. The fourth-order valence-electron chi connectivity index (χ4n) is 3.45. The molecule has 0 atom stereocenters. The fourth-order valence-corrected chi connectivity index (χ4v) is 3.45. The molecule has 3 aromatic rings. The Balaban J connectivity index is 1.33. The molecule has 0 bridgehead atoms. The second-order valence-corrected chi connectivity index (χ2v) is 6.78. The van der Waals surface area contributed by atoms with E-state index in [1.165, 1.54) is 29.4 Å². The van der Waals surface area contributed by atoms with Crippen LogP contribution in [0.2, 0.25) is 0 Å². The molecule has 0 radical (unpaired) electrons. The number of rotatable bonds is 6. The first-order valence-corrected chi connectivity index (χ1v) is 8.64. The summed E-state index contributed by atoms with van der Waals surface area (Å²) in [5, 5.41) is 4.36.